The van der Waals surface area contributed by atoms with Crippen LogP contribution in [-0.4, -0.2) is 28.5 Å². The summed E-state index contributed by atoms with van der Waals surface area (Å²) >= 11 is 0. The highest BCUT2D eigenvalue weighted by Crippen LogP contribution is 2.25. The van der Waals surface area contributed by atoms with Gasteiger partial charge in [-0.3, -0.25) is 9.59 Å². The Morgan fingerprint density at radius 2 is 2.05 bits per heavy atom. The van der Waals surface area contributed by atoms with E-state index < -0.39 is 5.97 Å². The summed E-state index contributed by atoms with van der Waals surface area (Å²) in [5.74, 6) is -1.57. The lowest BCUT2D eigenvalue weighted by molar-refractivity contribution is -0.117. The molecule has 98 valence electrons. The van der Waals surface area contributed by atoms with Crippen molar-refractivity contribution in [2.24, 2.45) is 5.10 Å². The highest BCUT2D eigenvalue weighted by atomic mass is 16.4. The smallest absolute Gasteiger partial charge is 0.335 e. The van der Waals surface area contributed by atoms with Crippen molar-refractivity contribution in [3.05, 3.63) is 29.3 Å². The lowest BCUT2D eigenvalue weighted by Crippen LogP contribution is -2.20. The molecule has 0 bridgehead atoms. The molecule has 0 aromatic heterocycles. The monoisotopic (exact) mass is 260 g/mol. The zero-order valence-corrected chi connectivity index (χ0v) is 10.5. The Balaban J connectivity index is 2.40. The van der Waals surface area contributed by atoms with Gasteiger partial charge in [0.05, 0.1) is 17.7 Å². The van der Waals surface area contributed by atoms with Gasteiger partial charge in [-0.15, -0.1) is 0 Å². The molecule has 1 aromatic rings. The molecule has 0 spiro atoms. The van der Waals surface area contributed by atoms with Gasteiger partial charge in [0.1, 0.15) is 5.71 Å². The first-order chi connectivity index (χ1) is 8.90. The lowest BCUT2D eigenvalue weighted by atomic mass is 10.1. The van der Waals surface area contributed by atoms with Crippen molar-refractivity contribution in [2.45, 2.75) is 20.3 Å². The van der Waals surface area contributed by atoms with Gasteiger partial charge in [-0.1, -0.05) is 0 Å². The van der Waals surface area contributed by atoms with Crippen molar-refractivity contribution >= 4 is 29.1 Å². The second kappa shape index (κ2) is 4.64. The van der Waals surface area contributed by atoms with E-state index in [2.05, 4.69) is 5.10 Å². The predicted octanol–water partition coefficient (Wildman–Crippen LogP) is 1.37. The first kappa shape index (κ1) is 12.9. The van der Waals surface area contributed by atoms with E-state index in [0.717, 1.165) is 5.01 Å². The average molecular weight is 260 g/mol. The SMILES string of the molecule is CC(=O)C1=NN(c2ccc(C(=O)O)cc2C)C(=O)C1. The Hall–Kier alpha value is -2.50. The Labute approximate surface area is 109 Å². The topological polar surface area (TPSA) is 87.0 Å². The van der Waals surface area contributed by atoms with Gasteiger partial charge in [0.25, 0.3) is 5.91 Å². The Kier molecular flexibility index (Phi) is 3.16. The van der Waals surface area contributed by atoms with Gasteiger partial charge < -0.3 is 5.11 Å². The summed E-state index contributed by atoms with van der Waals surface area (Å²) in [6, 6.07) is 4.38. The molecule has 0 aliphatic carbocycles. The minimum Gasteiger partial charge on any atom is -0.478 e. The van der Waals surface area contributed by atoms with E-state index >= 15 is 0 Å². The normalized spacial score (nSPS) is 14.5. The van der Waals surface area contributed by atoms with Crippen LogP contribution in [-0.2, 0) is 9.59 Å². The average Bonchev–Trinajstić information content (AvgIpc) is 2.71. The molecule has 19 heavy (non-hydrogen) atoms. The van der Waals surface area contributed by atoms with Crippen LogP contribution in [0.15, 0.2) is 23.3 Å². The van der Waals surface area contributed by atoms with Crippen LogP contribution < -0.4 is 5.01 Å². The van der Waals surface area contributed by atoms with Crippen molar-refractivity contribution in [1.29, 1.82) is 0 Å². The molecule has 2 rings (SSSR count). The summed E-state index contributed by atoms with van der Waals surface area (Å²) in [5.41, 5.74) is 1.46. The zero-order chi connectivity index (χ0) is 14.2. The summed E-state index contributed by atoms with van der Waals surface area (Å²) in [5, 5.41) is 14.0. The summed E-state index contributed by atoms with van der Waals surface area (Å²) in [6.07, 6.45) is -0.0184. The second-order valence-electron chi connectivity index (χ2n) is 4.29. The molecular formula is C13H12N2O4. The number of carbonyl (C=O) groups is 3. The standard InChI is InChI=1S/C13H12N2O4/c1-7-5-9(13(18)19)3-4-11(7)15-12(17)6-10(14-15)8(2)16/h3-5H,6H2,1-2H3,(H,18,19). The van der Waals surface area contributed by atoms with E-state index in [-0.39, 0.29) is 29.4 Å². The minimum absolute atomic E-state index is 0.0184. The molecule has 1 aromatic carbocycles. The first-order valence-electron chi connectivity index (χ1n) is 5.65. The van der Waals surface area contributed by atoms with Crippen LogP contribution in [0.5, 0.6) is 0 Å². The van der Waals surface area contributed by atoms with Gasteiger partial charge in [-0.2, -0.15) is 10.1 Å². The molecule has 1 aliphatic rings. The maximum Gasteiger partial charge on any atom is 0.335 e. The number of carboxylic acids is 1. The lowest BCUT2D eigenvalue weighted by Gasteiger charge is -2.14. The molecule has 0 fully saturated rings. The van der Waals surface area contributed by atoms with Gasteiger partial charge in [0.15, 0.2) is 5.78 Å². The molecular weight excluding hydrogens is 248 g/mol. The number of aryl methyl sites for hydroxylation is 1. The number of carbonyl (C=O) groups excluding carboxylic acids is 2. The molecule has 1 aliphatic heterocycles. The fourth-order valence-electron chi connectivity index (χ4n) is 1.84. The number of rotatable bonds is 3. The maximum atomic E-state index is 11.8. The van der Waals surface area contributed by atoms with E-state index in [1.165, 1.54) is 25.1 Å². The van der Waals surface area contributed by atoms with Gasteiger partial charge in [-0.25, -0.2) is 4.79 Å². The van der Waals surface area contributed by atoms with Gasteiger partial charge in [-0.05, 0) is 30.7 Å². The number of hydrazone groups is 1. The summed E-state index contributed by atoms with van der Waals surface area (Å²) in [6.45, 7) is 3.05. The fraction of sp³-hybridized carbons (Fsp3) is 0.231. The molecule has 0 saturated carbocycles. The number of hydrogen-bond donors (Lipinski definition) is 1. The van der Waals surface area contributed by atoms with Crippen molar-refractivity contribution in [3.8, 4) is 0 Å². The minimum atomic E-state index is -1.03. The number of hydrogen-bond acceptors (Lipinski definition) is 4. The molecule has 1 amide bonds. The van der Waals surface area contributed by atoms with Crippen molar-refractivity contribution in [1.82, 2.24) is 0 Å². The Morgan fingerprint density at radius 3 is 2.53 bits per heavy atom. The number of benzene rings is 1. The summed E-state index contributed by atoms with van der Waals surface area (Å²) in [7, 11) is 0. The van der Waals surface area contributed by atoms with Crippen molar-refractivity contribution in [3.63, 3.8) is 0 Å². The van der Waals surface area contributed by atoms with Gasteiger partial charge in [0.2, 0.25) is 0 Å². The zero-order valence-electron chi connectivity index (χ0n) is 10.5. The number of Topliss-reactive ketones (excluding diaryl/α,β-unsaturated/α-hetero) is 1. The number of anilines is 1. The largest absolute Gasteiger partial charge is 0.478 e. The van der Waals surface area contributed by atoms with Crippen molar-refractivity contribution in [2.75, 3.05) is 5.01 Å². The second-order valence-corrected chi connectivity index (χ2v) is 4.29. The number of aromatic carboxylic acids is 1. The fourth-order valence-corrected chi connectivity index (χ4v) is 1.84. The van der Waals surface area contributed by atoms with Crippen LogP contribution >= 0.6 is 0 Å². The molecule has 0 atom stereocenters. The van der Waals surface area contributed by atoms with E-state index in [4.69, 9.17) is 5.11 Å². The molecule has 0 radical (unpaired) electrons. The van der Waals surface area contributed by atoms with E-state index in [1.54, 1.807) is 6.92 Å². The third kappa shape index (κ3) is 2.37. The third-order valence-electron chi connectivity index (χ3n) is 2.85. The highest BCUT2D eigenvalue weighted by Gasteiger charge is 2.28. The van der Waals surface area contributed by atoms with E-state index in [1.807, 2.05) is 0 Å². The Morgan fingerprint density at radius 1 is 1.37 bits per heavy atom. The Bertz CT molecular complexity index is 619. The molecule has 1 heterocycles. The number of amides is 1. The van der Waals surface area contributed by atoms with Crippen LogP contribution in [0.4, 0.5) is 5.69 Å². The summed E-state index contributed by atoms with van der Waals surface area (Å²) < 4.78 is 0. The number of nitrogens with zero attached hydrogens (tertiary/aromatic N) is 2. The van der Waals surface area contributed by atoms with Crippen LogP contribution in [0, 0.1) is 6.92 Å². The third-order valence-corrected chi connectivity index (χ3v) is 2.85. The molecule has 6 heteroatoms. The molecule has 6 nitrogen and oxygen atoms in total. The van der Waals surface area contributed by atoms with Crippen molar-refractivity contribution < 1.29 is 19.5 Å². The predicted molar refractivity (Wildman–Crippen MR) is 68.4 cm³/mol. The van der Waals surface area contributed by atoms with Crippen LogP contribution in [0.2, 0.25) is 0 Å². The van der Waals surface area contributed by atoms with Gasteiger partial charge in [0, 0.05) is 6.92 Å². The maximum absolute atomic E-state index is 11.8. The van der Waals surface area contributed by atoms with Crippen LogP contribution in [0.1, 0.15) is 29.3 Å². The molecule has 0 saturated heterocycles. The van der Waals surface area contributed by atoms with Crippen LogP contribution in [0.3, 0.4) is 0 Å². The summed E-state index contributed by atoms with van der Waals surface area (Å²) in [4.78, 5) is 33.9. The van der Waals surface area contributed by atoms with Crippen LogP contribution in [0.25, 0.3) is 0 Å². The quantitative estimate of drug-likeness (QED) is 0.889. The molecule has 1 N–H and O–H groups in total. The molecule has 0 unspecified atom stereocenters. The first-order valence-corrected chi connectivity index (χ1v) is 5.65. The van der Waals surface area contributed by atoms with E-state index in [0.29, 0.717) is 11.3 Å². The number of carboxylic acid groups (broad SMARTS) is 1. The highest BCUT2D eigenvalue weighted by molar-refractivity contribution is 6.44. The number of ketones is 1. The van der Waals surface area contributed by atoms with E-state index in [9.17, 15) is 14.4 Å². The van der Waals surface area contributed by atoms with Gasteiger partial charge >= 0.3 is 5.97 Å².